The summed E-state index contributed by atoms with van der Waals surface area (Å²) in [7, 11) is 0. The maximum absolute atomic E-state index is 12.7. The summed E-state index contributed by atoms with van der Waals surface area (Å²) >= 11 is 0. The lowest BCUT2D eigenvalue weighted by Gasteiger charge is -2.38. The number of hydrogen-bond acceptors (Lipinski definition) is 3. The van der Waals surface area contributed by atoms with Crippen LogP contribution in [0.1, 0.15) is 31.4 Å². The Bertz CT molecular complexity index is 631. The summed E-state index contributed by atoms with van der Waals surface area (Å²) < 4.78 is 43.8. The van der Waals surface area contributed by atoms with Crippen LogP contribution in [-0.2, 0) is 22.3 Å². The van der Waals surface area contributed by atoms with Crippen LogP contribution in [0.15, 0.2) is 24.3 Å². The molecule has 7 heteroatoms. The van der Waals surface area contributed by atoms with E-state index < -0.39 is 11.7 Å². The van der Waals surface area contributed by atoms with Gasteiger partial charge in [0.05, 0.1) is 11.7 Å². The maximum atomic E-state index is 12.7. The number of ether oxygens (including phenoxy) is 1. The normalized spacial score (nSPS) is 25.3. The average molecular weight is 370 g/mol. The highest BCUT2D eigenvalue weighted by Crippen LogP contribution is 2.30. The Kier molecular flexibility index (Phi) is 5.58. The summed E-state index contributed by atoms with van der Waals surface area (Å²) in [4.78, 5) is 16.3. The van der Waals surface area contributed by atoms with E-state index in [0.29, 0.717) is 13.1 Å². The molecule has 2 heterocycles. The lowest BCUT2D eigenvalue weighted by atomic mass is 9.93. The van der Waals surface area contributed by atoms with Crippen LogP contribution in [-0.4, -0.2) is 54.1 Å². The molecule has 2 saturated heterocycles. The summed E-state index contributed by atoms with van der Waals surface area (Å²) in [5.74, 6) is 0.260. The zero-order valence-electron chi connectivity index (χ0n) is 15.1. The summed E-state index contributed by atoms with van der Waals surface area (Å²) in [5, 5.41) is 0. The number of benzene rings is 1. The first-order valence-electron chi connectivity index (χ1n) is 9.03. The quantitative estimate of drug-likeness (QED) is 0.819. The van der Waals surface area contributed by atoms with E-state index in [1.54, 1.807) is 12.1 Å². The number of fused-ring (bicyclic) bond motifs is 1. The second-order valence-corrected chi connectivity index (χ2v) is 7.47. The summed E-state index contributed by atoms with van der Waals surface area (Å²) in [5.41, 5.74) is 0.242. The van der Waals surface area contributed by atoms with E-state index in [9.17, 15) is 18.0 Å². The van der Waals surface area contributed by atoms with Gasteiger partial charge in [0.25, 0.3) is 0 Å². The first-order chi connectivity index (χ1) is 12.2. The number of rotatable bonds is 3. The molecular formula is C19H25F3N2O2. The van der Waals surface area contributed by atoms with Gasteiger partial charge in [0.2, 0.25) is 5.91 Å². The number of likely N-dealkylation sites (tertiary alicyclic amines) is 1. The minimum atomic E-state index is -4.30. The first-order valence-corrected chi connectivity index (χ1v) is 9.03. The summed E-state index contributed by atoms with van der Waals surface area (Å²) in [6.07, 6.45) is -3.39. The number of amides is 1. The molecule has 2 atom stereocenters. The fourth-order valence-electron chi connectivity index (χ4n) is 3.80. The van der Waals surface area contributed by atoms with Crippen LogP contribution in [0, 0.1) is 5.92 Å². The first kappa shape index (κ1) is 19.2. The van der Waals surface area contributed by atoms with E-state index in [1.165, 1.54) is 0 Å². The van der Waals surface area contributed by atoms with Crippen LogP contribution in [0.4, 0.5) is 13.2 Å². The number of hydrogen-bond donors (Lipinski definition) is 0. The van der Waals surface area contributed by atoms with Gasteiger partial charge in [-0.2, -0.15) is 13.2 Å². The monoisotopic (exact) mass is 370 g/mol. The Labute approximate surface area is 151 Å². The third-order valence-corrected chi connectivity index (χ3v) is 5.23. The zero-order valence-corrected chi connectivity index (χ0v) is 15.1. The molecule has 0 aromatic heterocycles. The van der Waals surface area contributed by atoms with Gasteiger partial charge >= 0.3 is 6.18 Å². The van der Waals surface area contributed by atoms with E-state index in [1.807, 2.05) is 18.7 Å². The minimum Gasteiger partial charge on any atom is -0.368 e. The number of halogens is 3. The Morgan fingerprint density at radius 1 is 1.19 bits per heavy atom. The molecule has 0 aliphatic carbocycles. The summed E-state index contributed by atoms with van der Waals surface area (Å²) in [6, 6.07) is 5.49. The third kappa shape index (κ3) is 4.38. The van der Waals surface area contributed by atoms with Crippen molar-refractivity contribution >= 4 is 5.91 Å². The van der Waals surface area contributed by atoms with Crippen LogP contribution >= 0.6 is 0 Å². The van der Waals surface area contributed by atoms with Crippen LogP contribution in [0.2, 0.25) is 0 Å². The van der Waals surface area contributed by atoms with Crippen LogP contribution in [0.25, 0.3) is 0 Å². The molecule has 2 aliphatic rings. The van der Waals surface area contributed by atoms with E-state index >= 15 is 0 Å². The Hall–Kier alpha value is -1.60. The van der Waals surface area contributed by atoms with Crippen molar-refractivity contribution in [3.8, 4) is 0 Å². The van der Waals surface area contributed by atoms with Crippen molar-refractivity contribution in [1.82, 2.24) is 9.80 Å². The Balaban J connectivity index is 1.64. The molecular weight excluding hydrogens is 345 g/mol. The zero-order chi connectivity index (χ0) is 18.9. The van der Waals surface area contributed by atoms with Gasteiger partial charge in [-0.3, -0.25) is 9.69 Å². The van der Waals surface area contributed by atoms with Crippen molar-refractivity contribution < 1.29 is 22.7 Å². The van der Waals surface area contributed by atoms with Gasteiger partial charge in [-0.1, -0.05) is 12.1 Å². The largest absolute Gasteiger partial charge is 0.416 e. The second-order valence-electron chi connectivity index (χ2n) is 7.47. The fourth-order valence-corrected chi connectivity index (χ4v) is 3.80. The molecule has 1 amide bonds. The van der Waals surface area contributed by atoms with Gasteiger partial charge in [0.15, 0.2) is 0 Å². The van der Waals surface area contributed by atoms with Gasteiger partial charge in [-0.15, -0.1) is 0 Å². The highest BCUT2D eigenvalue weighted by atomic mass is 19.4. The predicted molar refractivity (Wildman–Crippen MR) is 91.4 cm³/mol. The molecule has 2 fully saturated rings. The van der Waals surface area contributed by atoms with E-state index in [-0.39, 0.29) is 30.6 Å². The van der Waals surface area contributed by atoms with Crippen LogP contribution in [0.3, 0.4) is 0 Å². The van der Waals surface area contributed by atoms with Crippen molar-refractivity contribution in [3.63, 3.8) is 0 Å². The summed E-state index contributed by atoms with van der Waals surface area (Å²) in [6.45, 7) is 7.02. The third-order valence-electron chi connectivity index (χ3n) is 5.23. The van der Waals surface area contributed by atoms with Gasteiger partial charge in [-0.25, -0.2) is 0 Å². The smallest absolute Gasteiger partial charge is 0.368 e. The van der Waals surface area contributed by atoms with E-state index in [0.717, 1.165) is 37.2 Å². The molecule has 26 heavy (non-hydrogen) atoms. The van der Waals surface area contributed by atoms with Crippen LogP contribution < -0.4 is 0 Å². The molecule has 2 aliphatic heterocycles. The van der Waals surface area contributed by atoms with Crippen molar-refractivity contribution in [2.75, 3.05) is 26.2 Å². The van der Waals surface area contributed by atoms with Crippen molar-refractivity contribution in [3.05, 3.63) is 35.4 Å². The van der Waals surface area contributed by atoms with E-state index in [4.69, 9.17) is 4.74 Å². The van der Waals surface area contributed by atoms with Gasteiger partial charge in [0, 0.05) is 38.1 Å². The molecule has 0 bridgehead atoms. The highest BCUT2D eigenvalue weighted by molar-refractivity contribution is 5.78. The molecule has 0 spiro atoms. The SMILES string of the molecule is CC(C)N1C[C@H]2CN(Cc3ccc(C(F)(F)F)cc3)CC[C@@H]2OCC1=O. The van der Waals surface area contributed by atoms with Gasteiger partial charge in [-0.05, 0) is 38.0 Å². The van der Waals surface area contributed by atoms with Crippen LogP contribution in [0.5, 0.6) is 0 Å². The van der Waals surface area contributed by atoms with Crippen molar-refractivity contribution in [2.24, 2.45) is 5.92 Å². The molecule has 4 nitrogen and oxygen atoms in total. The molecule has 1 aromatic carbocycles. The molecule has 144 valence electrons. The molecule has 3 rings (SSSR count). The molecule has 0 unspecified atom stereocenters. The number of carbonyl (C=O) groups is 1. The van der Waals surface area contributed by atoms with Gasteiger partial charge < -0.3 is 9.64 Å². The fraction of sp³-hybridized carbons (Fsp3) is 0.632. The lowest BCUT2D eigenvalue weighted by molar-refractivity contribution is -0.138. The number of piperidine rings is 1. The predicted octanol–water partition coefficient (Wildman–Crippen LogP) is 3.16. The molecule has 1 aromatic rings. The topological polar surface area (TPSA) is 32.8 Å². The molecule has 0 radical (unpaired) electrons. The maximum Gasteiger partial charge on any atom is 0.416 e. The minimum absolute atomic E-state index is 0.0312. The molecule has 0 saturated carbocycles. The van der Waals surface area contributed by atoms with Crippen molar-refractivity contribution in [1.29, 1.82) is 0 Å². The average Bonchev–Trinajstić information content (AvgIpc) is 2.74. The Morgan fingerprint density at radius 3 is 2.50 bits per heavy atom. The number of alkyl halides is 3. The van der Waals surface area contributed by atoms with Crippen molar-refractivity contribution in [2.45, 2.75) is 45.1 Å². The Morgan fingerprint density at radius 2 is 1.88 bits per heavy atom. The van der Waals surface area contributed by atoms with Gasteiger partial charge in [0.1, 0.15) is 6.61 Å². The molecule has 0 N–H and O–H groups in total. The number of nitrogens with zero attached hydrogens (tertiary/aromatic N) is 2. The standard InChI is InChI=1S/C19H25F3N2O2/c1-13(2)24-11-15-10-23(8-7-17(15)26-12-18(24)25)9-14-3-5-16(6-4-14)19(20,21)22/h3-6,13,15,17H,7-12H2,1-2H3/t15-,17+/m1/s1. The van der Waals surface area contributed by atoms with E-state index in [2.05, 4.69) is 4.90 Å². The number of carbonyl (C=O) groups excluding carboxylic acids is 1. The lowest BCUT2D eigenvalue weighted by Crippen LogP contribution is -2.48. The highest BCUT2D eigenvalue weighted by Gasteiger charge is 2.36. The second kappa shape index (κ2) is 7.56.